The first-order chi connectivity index (χ1) is 66.4. The van der Waals surface area contributed by atoms with E-state index in [4.69, 9.17) is 28.7 Å². The minimum Gasteiger partial charge on any atom is -0.481 e. The van der Waals surface area contributed by atoms with Crippen molar-refractivity contribution in [2.45, 2.75) is 269 Å². The molecule has 0 bridgehead atoms. The topological polar surface area (TPSA) is 761 Å². The maximum Gasteiger partial charge on any atom is 0.326 e. The number of aliphatic carboxylic acids is 3. The number of primary amides is 3. The van der Waals surface area contributed by atoms with E-state index in [2.05, 4.69) is 115 Å². The maximum atomic E-state index is 15.3. The van der Waals surface area contributed by atoms with Crippen LogP contribution in [-0.4, -0.2) is 264 Å². The summed E-state index contributed by atoms with van der Waals surface area (Å²) >= 11 is 8.59. The van der Waals surface area contributed by atoms with E-state index in [-0.39, 0.29) is 70.3 Å². The van der Waals surface area contributed by atoms with Crippen LogP contribution in [0.1, 0.15) is 169 Å². The molecule has 0 spiro atoms. The van der Waals surface area contributed by atoms with Gasteiger partial charge in [0.15, 0.2) is 0 Å². The molecule has 3 aromatic carbocycles. The number of nitrogens with two attached hydrogens (primary N) is 5. The Balaban J connectivity index is 1.40. The average Bonchev–Trinajstić information content (AvgIpc) is 1.68. The Labute approximate surface area is 825 Å². The van der Waals surface area contributed by atoms with E-state index in [1.165, 1.54) is 6.20 Å². The van der Waals surface area contributed by atoms with Gasteiger partial charge in [-0.15, -0.1) is 0 Å². The van der Waals surface area contributed by atoms with E-state index in [9.17, 15) is 106 Å². The number of H-pyrrole nitrogens is 2. The largest absolute Gasteiger partial charge is 0.481 e. The summed E-state index contributed by atoms with van der Waals surface area (Å²) in [5, 5.41) is 67.9. The molecule has 16 atom stereocenters. The first-order valence-electron chi connectivity index (χ1n) is 46.3. The van der Waals surface area contributed by atoms with Gasteiger partial charge < -0.3 is 134 Å². The molecule has 0 aliphatic rings. The van der Waals surface area contributed by atoms with E-state index in [1.807, 2.05) is 0 Å². The monoisotopic (exact) mass is 2010 g/mol. The van der Waals surface area contributed by atoms with Crippen LogP contribution in [-0.2, 0) is 120 Å². The van der Waals surface area contributed by atoms with Gasteiger partial charge in [-0.2, -0.15) is 25.3 Å². The second-order valence-electron chi connectivity index (χ2n) is 36.4. The Kier molecular flexibility index (Phi) is 48.7. The summed E-state index contributed by atoms with van der Waals surface area (Å²) in [4.78, 5) is 297. The molecule has 48 heteroatoms. The van der Waals surface area contributed by atoms with E-state index in [0.29, 0.717) is 38.5 Å². The number of thiol groups is 2. The number of carboxylic acid groups (broad SMARTS) is 3. The van der Waals surface area contributed by atoms with Gasteiger partial charge in [-0.05, 0) is 116 Å². The van der Waals surface area contributed by atoms with Crippen LogP contribution < -0.4 is 108 Å². The molecule has 0 fully saturated rings. The molecule has 0 aliphatic heterocycles. The second kappa shape index (κ2) is 58.3. The molecule has 2 heterocycles. The van der Waals surface area contributed by atoms with Gasteiger partial charge in [-0.1, -0.05) is 136 Å². The highest BCUT2D eigenvalue weighted by Gasteiger charge is 2.41. The van der Waals surface area contributed by atoms with Crippen LogP contribution in [0.2, 0.25) is 0 Å². The zero-order chi connectivity index (χ0) is 105. The summed E-state index contributed by atoms with van der Waals surface area (Å²) in [5.74, 6) is -26.7. The standard InChI is InChI=1S/C93H136N22O24S2/c1-45(2)32-61(106-83(128)62(33-46(3)4)105-81(126)60(28-30-74(119)120)103-89(134)70(44-141)113-92(137)77(49(9)10)114-87(132)65(104-78(123)55(95)38-75(121)122)37-52-42-100-57-25-17-15-23-54(52)57)82(127)101-58(26-18-19-31-94)79(124)109-66(39-72(97)117)86(131)102-59(27-29-71(96)116)80(125)108-64(36-51-41-99-56-24-16-14-22-53(51)56)85(130)107-63(35-50-20-12-11-13-21-50)84(129)112-69(43-140)90(135)110-67(40-73(98)118)88(133)115-76(48(7)8)91(136)111-68(93(138)139)34-47(5)6/h11-17,20-25,41-42,45-49,55,58-70,76-77,99-100,140-141H,18-19,26-40,43-44,94-95H2,1-10H3,(H2,96,116)(H2,97,117)(H2,98,118)(H,101,127)(H,102,131)(H,103,134)(H,104,123)(H,105,126)(H,106,128)(H,107,130)(H,108,125)(H,109,124)(H,110,135)(H,111,136)(H,112,129)(H,113,137)(H,114,132)(H,115,133)(H,119,120)(H,121,122)(H,138,139)/t55-,58-,59-,60-,61-,62-,63-,64-,65-,66-,67-,68-,69-,70-,76-,77-/m0/s1. The minimum atomic E-state index is -2.00. The molecule has 2 aromatic heterocycles. The lowest BCUT2D eigenvalue weighted by atomic mass is 9.99. The predicted molar refractivity (Wildman–Crippen MR) is 523 cm³/mol. The molecule has 5 aromatic rings. The highest BCUT2D eigenvalue weighted by Crippen LogP contribution is 2.24. The van der Waals surface area contributed by atoms with Crippen molar-refractivity contribution < 1.29 is 116 Å². The Morgan fingerprint density at radius 2 is 0.631 bits per heavy atom. The molecule has 0 saturated heterocycles. The van der Waals surface area contributed by atoms with Crippen LogP contribution in [0.25, 0.3) is 21.8 Å². The number of benzene rings is 3. The molecule has 0 saturated carbocycles. The third kappa shape index (κ3) is 39.8. The number of carboxylic acids is 3. The molecule has 774 valence electrons. The third-order valence-electron chi connectivity index (χ3n) is 22.5. The number of aromatic nitrogens is 2. The van der Waals surface area contributed by atoms with Crippen molar-refractivity contribution in [1.82, 2.24) is 89.7 Å². The number of amides is 18. The average molecular weight is 2010 g/mol. The number of rotatable bonds is 63. The van der Waals surface area contributed by atoms with Gasteiger partial charge in [0.1, 0.15) is 90.6 Å². The smallest absolute Gasteiger partial charge is 0.326 e. The van der Waals surface area contributed by atoms with Crippen LogP contribution >= 0.6 is 25.3 Å². The number of carbonyl (C=O) groups excluding carboxylic acids is 18. The van der Waals surface area contributed by atoms with Gasteiger partial charge in [0.2, 0.25) is 106 Å². The Morgan fingerprint density at radius 1 is 0.319 bits per heavy atom. The molecule has 141 heavy (non-hydrogen) atoms. The molecular formula is C93H136N22O24S2. The van der Waals surface area contributed by atoms with Crippen molar-refractivity contribution in [3.8, 4) is 0 Å². The highest BCUT2D eigenvalue weighted by molar-refractivity contribution is 7.80. The molecular weight excluding hydrogens is 1870 g/mol. The van der Waals surface area contributed by atoms with Gasteiger partial charge in [0.05, 0.1) is 25.3 Å². The molecule has 0 radical (unpaired) electrons. The van der Waals surface area contributed by atoms with E-state index in [1.54, 1.807) is 154 Å². The summed E-state index contributed by atoms with van der Waals surface area (Å²) in [6, 6.07) is -4.16. The van der Waals surface area contributed by atoms with Gasteiger partial charge in [-0.25, -0.2) is 4.79 Å². The quantitative estimate of drug-likeness (QED) is 0.0138. The lowest BCUT2D eigenvalue weighted by Crippen LogP contribution is -2.62. The van der Waals surface area contributed by atoms with Gasteiger partial charge in [0, 0.05) is 77.8 Å². The second-order valence-corrected chi connectivity index (χ2v) is 37.2. The normalized spacial score (nSPS) is 14.8. The molecule has 46 nitrogen and oxygen atoms in total. The van der Waals surface area contributed by atoms with Crippen molar-refractivity contribution in [3.63, 3.8) is 0 Å². The zero-order valence-electron chi connectivity index (χ0n) is 80.4. The predicted octanol–water partition coefficient (Wildman–Crippen LogP) is -2.84. The van der Waals surface area contributed by atoms with Gasteiger partial charge in [0.25, 0.3) is 0 Å². The lowest BCUT2D eigenvalue weighted by molar-refractivity contribution is -0.143. The summed E-state index contributed by atoms with van der Waals surface area (Å²) < 4.78 is 0. The number of carbonyl (C=O) groups is 21. The number of nitrogens with one attached hydrogen (secondary N) is 17. The summed E-state index contributed by atoms with van der Waals surface area (Å²) in [6.07, 6.45) is -3.09. The number of hydrogen-bond acceptors (Lipinski definition) is 25. The molecule has 30 N–H and O–H groups in total. The van der Waals surface area contributed by atoms with E-state index >= 15 is 9.59 Å². The van der Waals surface area contributed by atoms with Crippen molar-refractivity contribution in [3.05, 3.63) is 108 Å². The van der Waals surface area contributed by atoms with Gasteiger partial charge in [-0.3, -0.25) is 95.9 Å². The number of unbranched alkanes of at least 4 members (excludes halogenated alkanes) is 1. The number of para-hydroxylation sites is 2. The van der Waals surface area contributed by atoms with Crippen LogP contribution in [0.4, 0.5) is 0 Å². The van der Waals surface area contributed by atoms with E-state index in [0.717, 1.165) is 0 Å². The number of hydrogen-bond donors (Lipinski definition) is 27. The molecule has 0 unspecified atom stereocenters. The third-order valence-corrected chi connectivity index (χ3v) is 23.2. The van der Waals surface area contributed by atoms with Crippen LogP contribution in [0, 0.1) is 29.6 Å². The van der Waals surface area contributed by atoms with Crippen molar-refractivity contribution in [1.29, 1.82) is 0 Å². The zero-order valence-corrected chi connectivity index (χ0v) is 82.2. The number of aromatic amines is 2. The first-order valence-corrected chi connectivity index (χ1v) is 47.6. The maximum absolute atomic E-state index is 15.3. The van der Waals surface area contributed by atoms with Crippen LogP contribution in [0.5, 0.6) is 0 Å². The van der Waals surface area contributed by atoms with Crippen LogP contribution in [0.15, 0.2) is 91.3 Å². The minimum absolute atomic E-state index is 0.0316. The highest BCUT2D eigenvalue weighted by atomic mass is 32.1. The Hall–Kier alpha value is -13.8. The fourth-order valence-corrected chi connectivity index (χ4v) is 15.6. The fraction of sp³-hybridized carbons (Fsp3) is 0.538. The summed E-state index contributed by atoms with van der Waals surface area (Å²) in [6.45, 7) is 16.5. The molecule has 18 amide bonds. The summed E-state index contributed by atoms with van der Waals surface area (Å²) in [5.41, 5.74) is 31.3. The SMILES string of the molecule is CC(C)C[C@H](NC(=O)[C@@H](NC(=O)[C@H](CC(N)=O)NC(=O)[C@H](CS)NC(=O)[C@H](Cc1ccccc1)NC(=O)[C@H](Cc1c[nH]c2ccccc12)NC(=O)[C@H](CCC(N)=O)NC(=O)[C@H](CC(N)=O)NC(=O)[C@H](CCCCN)NC(=O)[C@H](CC(C)C)NC(=O)[C@H](CC(C)C)NC(=O)[C@H](CCC(=O)O)NC(=O)[C@H](CS)NC(=O)[C@@H](NC(=O)[C@H](Cc1c[nH]c2ccccc12)NC(=O)[C@@H](N)CC(=O)O)C(C)C)C(C)C)C(=O)O. The fourth-order valence-electron chi connectivity index (χ4n) is 15.1. The molecule has 0 aliphatic carbocycles. The first kappa shape index (κ1) is 118. The molecule has 5 rings (SSSR count). The van der Waals surface area contributed by atoms with Crippen LogP contribution in [0.3, 0.4) is 0 Å². The summed E-state index contributed by atoms with van der Waals surface area (Å²) in [7, 11) is 0. The lowest BCUT2D eigenvalue weighted by Gasteiger charge is -2.29. The van der Waals surface area contributed by atoms with Crippen molar-refractivity contribution in [2.75, 3.05) is 18.1 Å². The Bertz CT molecular complexity index is 5210. The van der Waals surface area contributed by atoms with Crippen molar-refractivity contribution in [2.24, 2.45) is 58.3 Å². The van der Waals surface area contributed by atoms with Gasteiger partial charge >= 0.3 is 17.9 Å². The number of fused-ring (bicyclic) bond motifs is 2. The Morgan fingerprint density at radius 3 is 1.01 bits per heavy atom. The van der Waals surface area contributed by atoms with E-state index < -0.39 is 301 Å². The van der Waals surface area contributed by atoms with Crippen molar-refractivity contribution >= 4 is 171 Å².